The van der Waals surface area contributed by atoms with E-state index in [1.54, 1.807) is 35.2 Å². The topological polar surface area (TPSA) is 53.8 Å². The Labute approximate surface area is 184 Å². The van der Waals surface area contributed by atoms with Crippen LogP contribution in [0.1, 0.15) is 41.6 Å². The lowest BCUT2D eigenvalue weighted by Crippen LogP contribution is -2.37. The third-order valence-corrected chi connectivity index (χ3v) is 6.11. The Bertz CT molecular complexity index is 1170. The fourth-order valence-corrected chi connectivity index (χ4v) is 4.41. The summed E-state index contributed by atoms with van der Waals surface area (Å²) in [6.07, 6.45) is 0. The van der Waals surface area contributed by atoms with Crippen molar-refractivity contribution in [2.45, 2.75) is 19.9 Å². The van der Waals surface area contributed by atoms with E-state index in [-0.39, 0.29) is 17.1 Å². The van der Waals surface area contributed by atoms with Gasteiger partial charge in [-0.2, -0.15) is 0 Å². The van der Waals surface area contributed by atoms with Gasteiger partial charge in [-0.15, -0.1) is 0 Å². The van der Waals surface area contributed by atoms with Crippen molar-refractivity contribution in [3.8, 4) is 0 Å². The summed E-state index contributed by atoms with van der Waals surface area (Å²) in [5.41, 5.74) is 1.24. The quantitative estimate of drug-likeness (QED) is 0.537. The molecule has 0 spiro atoms. The summed E-state index contributed by atoms with van der Waals surface area (Å²) in [7, 11) is 0. The zero-order chi connectivity index (χ0) is 21.4. The molecule has 1 aliphatic rings. The van der Waals surface area contributed by atoms with Gasteiger partial charge in [-0.05, 0) is 49.0 Å². The number of amides is 1. The van der Waals surface area contributed by atoms with Crippen LogP contribution in [-0.2, 0) is 0 Å². The van der Waals surface area contributed by atoms with Crippen LogP contribution in [0.3, 0.4) is 0 Å². The Morgan fingerprint density at radius 3 is 2.47 bits per heavy atom. The van der Waals surface area contributed by atoms with Gasteiger partial charge in [0.15, 0.2) is 5.43 Å². The lowest BCUT2D eigenvalue weighted by molar-refractivity contribution is 0.0708. The molecule has 2 heterocycles. The molecule has 0 N–H and O–H groups in total. The van der Waals surface area contributed by atoms with E-state index in [4.69, 9.17) is 27.6 Å². The van der Waals surface area contributed by atoms with Gasteiger partial charge in [0.25, 0.3) is 5.91 Å². The van der Waals surface area contributed by atoms with Crippen molar-refractivity contribution in [1.29, 1.82) is 0 Å². The zero-order valence-corrected chi connectivity index (χ0v) is 18.3. The molecule has 1 aliphatic heterocycles. The Hall–Kier alpha value is -2.34. The highest BCUT2D eigenvalue weighted by molar-refractivity contribution is 6.31. The number of fused-ring (bicyclic) bond motifs is 2. The van der Waals surface area contributed by atoms with Gasteiger partial charge < -0.3 is 14.2 Å². The fraction of sp³-hybridized carbons (Fsp3) is 0.304. The molecule has 1 unspecified atom stereocenters. The summed E-state index contributed by atoms with van der Waals surface area (Å²) in [5.74, 6) is -0.185. The third-order valence-electron chi connectivity index (χ3n) is 5.64. The van der Waals surface area contributed by atoms with Crippen molar-refractivity contribution >= 4 is 40.1 Å². The van der Waals surface area contributed by atoms with Crippen LogP contribution >= 0.6 is 23.2 Å². The first-order valence-corrected chi connectivity index (χ1v) is 10.7. The molecule has 156 valence electrons. The number of likely N-dealkylation sites (N-methyl/N-ethyl adjacent to an activating group) is 1. The molecule has 0 bridgehead atoms. The monoisotopic (exact) mass is 444 g/mol. The van der Waals surface area contributed by atoms with E-state index in [2.05, 4.69) is 18.7 Å². The summed E-state index contributed by atoms with van der Waals surface area (Å²) in [6.45, 7) is 7.10. The van der Waals surface area contributed by atoms with Gasteiger partial charge in [0.05, 0.1) is 17.0 Å². The van der Waals surface area contributed by atoms with Crippen LogP contribution in [0, 0.1) is 0 Å². The number of carbonyl (C=O) groups is 1. The molecule has 5 nitrogen and oxygen atoms in total. The second-order valence-electron chi connectivity index (χ2n) is 7.30. The second-order valence-corrected chi connectivity index (χ2v) is 8.17. The number of nitrogens with zero attached hydrogens (tertiary/aromatic N) is 2. The molecule has 3 aromatic rings. The van der Waals surface area contributed by atoms with Gasteiger partial charge in [-0.1, -0.05) is 49.2 Å². The van der Waals surface area contributed by atoms with Crippen molar-refractivity contribution in [3.05, 3.63) is 79.6 Å². The summed E-state index contributed by atoms with van der Waals surface area (Å²) >= 11 is 12.3. The average molecular weight is 445 g/mol. The number of hydrogen-bond acceptors (Lipinski definition) is 4. The standard InChI is InChI=1S/C23H22Cl2N2O3/c1-3-26(4-2)10-11-27-20(14-6-5-7-15(24)12-14)19-21(28)17-13-16(25)8-9-18(17)30-22(19)23(27)29/h5-9,12-13,20H,3-4,10-11H2,1-2H3. The van der Waals surface area contributed by atoms with Crippen molar-refractivity contribution in [3.63, 3.8) is 0 Å². The number of halogens is 2. The van der Waals surface area contributed by atoms with Crippen LogP contribution in [-0.4, -0.2) is 41.9 Å². The molecule has 30 heavy (non-hydrogen) atoms. The maximum atomic E-state index is 13.4. The highest BCUT2D eigenvalue weighted by Crippen LogP contribution is 2.38. The summed E-state index contributed by atoms with van der Waals surface area (Å²) in [6, 6.07) is 11.6. The number of carbonyl (C=O) groups excluding carboxylic acids is 1. The number of rotatable bonds is 6. The molecular formula is C23H22Cl2N2O3. The molecule has 1 atom stereocenters. The Morgan fingerprint density at radius 1 is 1.03 bits per heavy atom. The summed E-state index contributed by atoms with van der Waals surface area (Å²) < 4.78 is 5.93. The van der Waals surface area contributed by atoms with Gasteiger partial charge >= 0.3 is 0 Å². The molecule has 0 aliphatic carbocycles. The largest absolute Gasteiger partial charge is 0.450 e. The van der Waals surface area contributed by atoms with Crippen LogP contribution in [0.2, 0.25) is 10.0 Å². The van der Waals surface area contributed by atoms with E-state index in [1.165, 1.54) is 0 Å². The third kappa shape index (κ3) is 3.62. The smallest absolute Gasteiger partial charge is 0.290 e. The lowest BCUT2D eigenvalue weighted by atomic mass is 9.98. The second kappa shape index (κ2) is 8.42. The molecule has 1 aromatic heterocycles. The van der Waals surface area contributed by atoms with Gasteiger partial charge in [0, 0.05) is 23.1 Å². The van der Waals surface area contributed by atoms with Crippen LogP contribution in [0.15, 0.2) is 51.7 Å². The maximum Gasteiger partial charge on any atom is 0.290 e. The van der Waals surface area contributed by atoms with Crippen LogP contribution in [0.25, 0.3) is 11.0 Å². The van der Waals surface area contributed by atoms with Crippen molar-refractivity contribution in [2.75, 3.05) is 26.2 Å². The molecular weight excluding hydrogens is 423 g/mol. The van der Waals surface area contributed by atoms with E-state index in [0.29, 0.717) is 39.7 Å². The highest BCUT2D eigenvalue weighted by atomic mass is 35.5. The van der Waals surface area contributed by atoms with Gasteiger partial charge in [0.2, 0.25) is 5.76 Å². The molecule has 0 saturated carbocycles. The molecule has 2 aromatic carbocycles. The lowest BCUT2D eigenvalue weighted by Gasteiger charge is -2.28. The van der Waals surface area contributed by atoms with Gasteiger partial charge in [-0.25, -0.2) is 0 Å². The SMILES string of the molecule is CCN(CC)CCN1C(=O)c2oc3ccc(Cl)cc3c(=O)c2C1c1cccc(Cl)c1. The van der Waals surface area contributed by atoms with E-state index in [1.807, 2.05) is 12.1 Å². The first-order valence-electron chi connectivity index (χ1n) is 9.99. The van der Waals surface area contributed by atoms with Crippen LogP contribution < -0.4 is 5.43 Å². The molecule has 0 fully saturated rings. The minimum atomic E-state index is -0.554. The van der Waals surface area contributed by atoms with Crippen molar-refractivity contribution < 1.29 is 9.21 Å². The molecule has 1 amide bonds. The molecule has 0 radical (unpaired) electrons. The Kier molecular flexibility index (Phi) is 5.87. The predicted octanol–water partition coefficient (Wildman–Crippen LogP) is 4.99. The Balaban J connectivity index is 1.89. The normalized spacial score (nSPS) is 16.0. The van der Waals surface area contributed by atoms with E-state index in [9.17, 15) is 9.59 Å². The zero-order valence-electron chi connectivity index (χ0n) is 16.8. The fourth-order valence-electron chi connectivity index (χ4n) is 4.04. The highest BCUT2D eigenvalue weighted by Gasteiger charge is 2.42. The summed E-state index contributed by atoms with van der Waals surface area (Å²) in [5, 5.41) is 1.36. The number of hydrogen-bond donors (Lipinski definition) is 0. The van der Waals surface area contributed by atoms with Gasteiger partial charge in [-0.3, -0.25) is 9.59 Å². The van der Waals surface area contributed by atoms with Gasteiger partial charge in [0.1, 0.15) is 5.58 Å². The van der Waals surface area contributed by atoms with Crippen LogP contribution in [0.5, 0.6) is 0 Å². The molecule has 4 rings (SSSR count). The first-order chi connectivity index (χ1) is 14.4. The van der Waals surface area contributed by atoms with Crippen molar-refractivity contribution in [1.82, 2.24) is 9.80 Å². The number of benzene rings is 2. The van der Waals surface area contributed by atoms with E-state index in [0.717, 1.165) is 18.7 Å². The van der Waals surface area contributed by atoms with Crippen LogP contribution in [0.4, 0.5) is 0 Å². The van der Waals surface area contributed by atoms with E-state index >= 15 is 0 Å². The minimum Gasteiger partial charge on any atom is -0.450 e. The predicted molar refractivity (Wildman–Crippen MR) is 120 cm³/mol. The molecule has 7 heteroatoms. The Morgan fingerprint density at radius 2 is 1.77 bits per heavy atom. The van der Waals surface area contributed by atoms with E-state index < -0.39 is 6.04 Å². The average Bonchev–Trinajstić information content (AvgIpc) is 3.02. The summed E-state index contributed by atoms with van der Waals surface area (Å²) in [4.78, 5) is 30.7. The molecule has 0 saturated heterocycles. The minimum absolute atomic E-state index is 0.0966. The first kappa shape index (κ1) is 20.9. The maximum absolute atomic E-state index is 13.4. The van der Waals surface area contributed by atoms with Crippen molar-refractivity contribution in [2.24, 2.45) is 0 Å².